The Kier molecular flexibility index (Phi) is 3.14. The molecule has 0 aliphatic carbocycles. The minimum Gasteiger partial charge on any atom is -0.459 e. The van der Waals surface area contributed by atoms with Gasteiger partial charge < -0.3 is 10.5 Å². The van der Waals surface area contributed by atoms with Crippen LogP contribution in [-0.2, 0) is 9.53 Å². The van der Waals surface area contributed by atoms with Crippen molar-refractivity contribution in [2.45, 2.75) is 6.92 Å². The normalized spacial score (nSPS) is 8.71. The number of esters is 1. The van der Waals surface area contributed by atoms with Crippen molar-refractivity contribution in [3.63, 3.8) is 0 Å². The van der Waals surface area contributed by atoms with Crippen molar-refractivity contribution in [1.82, 2.24) is 0 Å². The first-order chi connectivity index (χ1) is 6.63. The van der Waals surface area contributed by atoms with Gasteiger partial charge in [-0.3, -0.25) is 0 Å². The van der Waals surface area contributed by atoms with Gasteiger partial charge in [0.25, 0.3) is 0 Å². The maximum Gasteiger partial charge on any atom is 0.384 e. The summed E-state index contributed by atoms with van der Waals surface area (Å²) in [7, 11) is 1.29. The lowest BCUT2D eigenvalue weighted by molar-refractivity contribution is -0.133. The van der Waals surface area contributed by atoms with Crippen LogP contribution in [0.1, 0.15) is 11.1 Å². The third kappa shape index (κ3) is 2.53. The average Bonchev–Trinajstić information content (AvgIpc) is 2.19. The van der Waals surface area contributed by atoms with Crippen LogP contribution in [0.5, 0.6) is 0 Å². The molecule has 1 rings (SSSR count). The molecule has 0 aliphatic heterocycles. The minimum atomic E-state index is -0.549. The third-order valence-corrected chi connectivity index (χ3v) is 1.75. The molecular formula is C11H11NO2. The highest BCUT2D eigenvalue weighted by molar-refractivity contribution is 5.89. The molecule has 0 unspecified atom stereocenters. The summed E-state index contributed by atoms with van der Waals surface area (Å²) in [6.07, 6.45) is 0. The van der Waals surface area contributed by atoms with Crippen molar-refractivity contribution in [2.24, 2.45) is 0 Å². The number of rotatable bonds is 0. The van der Waals surface area contributed by atoms with E-state index in [-0.39, 0.29) is 0 Å². The van der Waals surface area contributed by atoms with Crippen LogP contribution in [0.4, 0.5) is 5.69 Å². The highest BCUT2D eigenvalue weighted by Gasteiger charge is 1.96. The van der Waals surface area contributed by atoms with Crippen molar-refractivity contribution in [3.05, 3.63) is 29.3 Å². The SMILES string of the molecule is COC(=O)C#Cc1cc(N)ccc1C. The number of carbonyl (C=O) groups excluding carboxylic acids is 1. The lowest BCUT2D eigenvalue weighted by Gasteiger charge is -1.98. The zero-order valence-electron chi connectivity index (χ0n) is 8.13. The lowest BCUT2D eigenvalue weighted by Crippen LogP contribution is -1.95. The van der Waals surface area contributed by atoms with Gasteiger partial charge in [0, 0.05) is 17.2 Å². The monoisotopic (exact) mass is 189 g/mol. The third-order valence-electron chi connectivity index (χ3n) is 1.75. The molecule has 1 aromatic rings. The molecule has 0 aliphatic rings. The topological polar surface area (TPSA) is 52.3 Å². The molecule has 0 fully saturated rings. The molecule has 0 saturated carbocycles. The first kappa shape index (κ1) is 10.1. The summed E-state index contributed by atoms with van der Waals surface area (Å²) in [6.45, 7) is 1.90. The maximum absolute atomic E-state index is 10.8. The number of hydrogen-bond acceptors (Lipinski definition) is 3. The van der Waals surface area contributed by atoms with Crippen LogP contribution in [0, 0.1) is 18.8 Å². The molecule has 1 aromatic carbocycles. The second-order valence-electron chi connectivity index (χ2n) is 2.82. The molecule has 72 valence electrons. The molecule has 3 nitrogen and oxygen atoms in total. The van der Waals surface area contributed by atoms with E-state index in [1.54, 1.807) is 12.1 Å². The molecule has 0 amide bonds. The van der Waals surface area contributed by atoms with Gasteiger partial charge in [-0.15, -0.1) is 0 Å². The van der Waals surface area contributed by atoms with Crippen LogP contribution in [-0.4, -0.2) is 13.1 Å². The minimum absolute atomic E-state index is 0.549. The van der Waals surface area contributed by atoms with Crippen molar-refractivity contribution in [1.29, 1.82) is 0 Å². The standard InChI is InChI=1S/C11H11NO2/c1-8-3-5-10(12)7-9(8)4-6-11(13)14-2/h3,5,7H,12H2,1-2H3. The molecule has 0 radical (unpaired) electrons. The Balaban J connectivity index is 3.00. The van der Waals surface area contributed by atoms with Crippen molar-refractivity contribution in [3.8, 4) is 11.8 Å². The first-order valence-electron chi connectivity index (χ1n) is 4.09. The largest absolute Gasteiger partial charge is 0.459 e. The zero-order chi connectivity index (χ0) is 10.6. The summed E-state index contributed by atoms with van der Waals surface area (Å²) in [5.41, 5.74) is 7.94. The molecule has 0 bridgehead atoms. The van der Waals surface area contributed by atoms with E-state index in [9.17, 15) is 4.79 Å². The summed E-state index contributed by atoms with van der Waals surface area (Å²) >= 11 is 0. The fourth-order valence-corrected chi connectivity index (χ4v) is 0.944. The van der Waals surface area contributed by atoms with E-state index in [4.69, 9.17) is 5.73 Å². The summed E-state index contributed by atoms with van der Waals surface area (Å²) in [5, 5.41) is 0. The second kappa shape index (κ2) is 4.33. The number of anilines is 1. The van der Waals surface area contributed by atoms with Gasteiger partial charge in [-0.05, 0) is 24.6 Å². The highest BCUT2D eigenvalue weighted by atomic mass is 16.5. The summed E-state index contributed by atoms with van der Waals surface area (Å²) in [6, 6.07) is 5.38. The summed E-state index contributed by atoms with van der Waals surface area (Å²) in [5.74, 6) is 4.50. The van der Waals surface area contributed by atoms with Crippen LogP contribution in [0.25, 0.3) is 0 Å². The van der Waals surface area contributed by atoms with Crippen molar-refractivity contribution >= 4 is 11.7 Å². The fourth-order valence-electron chi connectivity index (χ4n) is 0.944. The highest BCUT2D eigenvalue weighted by Crippen LogP contribution is 2.10. The molecule has 3 heteroatoms. The number of aryl methyl sites for hydroxylation is 1. The van der Waals surface area contributed by atoms with Gasteiger partial charge in [0.15, 0.2) is 0 Å². The number of methoxy groups -OCH3 is 1. The van der Waals surface area contributed by atoms with Gasteiger partial charge in [0.1, 0.15) is 0 Å². The van der Waals surface area contributed by atoms with Crippen LogP contribution in [0.2, 0.25) is 0 Å². The number of nitrogen functional groups attached to an aromatic ring is 1. The van der Waals surface area contributed by atoms with E-state index in [1.807, 2.05) is 13.0 Å². The predicted molar refractivity (Wildman–Crippen MR) is 54.5 cm³/mol. The quantitative estimate of drug-likeness (QED) is 0.378. The summed E-state index contributed by atoms with van der Waals surface area (Å²) in [4.78, 5) is 10.8. The number of nitrogens with two attached hydrogens (primary N) is 1. The van der Waals surface area contributed by atoms with E-state index in [1.165, 1.54) is 7.11 Å². The van der Waals surface area contributed by atoms with E-state index in [0.717, 1.165) is 11.1 Å². The van der Waals surface area contributed by atoms with Gasteiger partial charge in [-0.25, -0.2) is 4.79 Å². The molecule has 2 N–H and O–H groups in total. The molecule has 0 heterocycles. The average molecular weight is 189 g/mol. The number of hydrogen-bond donors (Lipinski definition) is 1. The molecule has 0 spiro atoms. The number of benzene rings is 1. The van der Waals surface area contributed by atoms with E-state index in [0.29, 0.717) is 5.69 Å². The van der Waals surface area contributed by atoms with Crippen LogP contribution in [0.3, 0.4) is 0 Å². The van der Waals surface area contributed by atoms with E-state index < -0.39 is 5.97 Å². The molecule has 0 aromatic heterocycles. The Morgan fingerprint density at radius 3 is 2.86 bits per heavy atom. The predicted octanol–water partition coefficient (Wildman–Crippen LogP) is 1.10. The fraction of sp³-hybridized carbons (Fsp3) is 0.182. The van der Waals surface area contributed by atoms with Crippen molar-refractivity contribution in [2.75, 3.05) is 12.8 Å². The summed E-state index contributed by atoms with van der Waals surface area (Å²) < 4.78 is 4.40. The van der Waals surface area contributed by atoms with Crippen LogP contribution >= 0.6 is 0 Å². The van der Waals surface area contributed by atoms with Gasteiger partial charge in [0.2, 0.25) is 0 Å². The second-order valence-corrected chi connectivity index (χ2v) is 2.82. The molecule has 0 saturated heterocycles. The Labute approximate surface area is 82.9 Å². The van der Waals surface area contributed by atoms with Crippen molar-refractivity contribution < 1.29 is 9.53 Å². The first-order valence-corrected chi connectivity index (χ1v) is 4.09. The van der Waals surface area contributed by atoms with Gasteiger partial charge >= 0.3 is 5.97 Å². The van der Waals surface area contributed by atoms with Gasteiger partial charge in [-0.2, -0.15) is 0 Å². The Bertz CT molecular complexity index is 413. The maximum atomic E-state index is 10.8. The Morgan fingerprint density at radius 1 is 1.50 bits per heavy atom. The van der Waals surface area contributed by atoms with Crippen LogP contribution < -0.4 is 5.73 Å². The van der Waals surface area contributed by atoms with E-state index >= 15 is 0 Å². The van der Waals surface area contributed by atoms with Crippen LogP contribution in [0.15, 0.2) is 18.2 Å². The Hall–Kier alpha value is -1.95. The zero-order valence-corrected chi connectivity index (χ0v) is 8.13. The van der Waals surface area contributed by atoms with Gasteiger partial charge in [0.05, 0.1) is 7.11 Å². The molecular weight excluding hydrogens is 178 g/mol. The molecule has 14 heavy (non-hydrogen) atoms. The number of carbonyl (C=O) groups is 1. The van der Waals surface area contributed by atoms with Gasteiger partial charge in [-0.1, -0.05) is 12.0 Å². The number of ether oxygens (including phenoxy) is 1. The van der Waals surface area contributed by atoms with E-state index in [2.05, 4.69) is 16.6 Å². The lowest BCUT2D eigenvalue weighted by atomic mass is 10.1. The Morgan fingerprint density at radius 2 is 2.21 bits per heavy atom. The molecule has 0 atom stereocenters. The smallest absolute Gasteiger partial charge is 0.384 e.